The van der Waals surface area contributed by atoms with E-state index in [0.29, 0.717) is 6.54 Å². The summed E-state index contributed by atoms with van der Waals surface area (Å²) >= 11 is 0. The molecular formula is C7H11F3N2O. The highest BCUT2D eigenvalue weighted by Crippen LogP contribution is 2.21. The molecule has 1 rings (SSSR count). The van der Waals surface area contributed by atoms with Gasteiger partial charge >= 0.3 is 12.1 Å². The summed E-state index contributed by atoms with van der Waals surface area (Å²) in [7, 11) is 1.18. The summed E-state index contributed by atoms with van der Waals surface area (Å²) in [4.78, 5) is 11.5. The molecule has 1 saturated heterocycles. The molecule has 0 aromatic carbocycles. The number of nitrogens with one attached hydrogen (secondary N) is 1. The van der Waals surface area contributed by atoms with Gasteiger partial charge in [0.1, 0.15) is 0 Å². The van der Waals surface area contributed by atoms with Crippen LogP contribution in [0.2, 0.25) is 0 Å². The minimum atomic E-state index is -4.76. The summed E-state index contributed by atoms with van der Waals surface area (Å²) in [6.07, 6.45) is -4.76. The highest BCUT2D eigenvalue weighted by Gasteiger charge is 2.45. The fourth-order valence-electron chi connectivity index (χ4n) is 1.28. The molecule has 0 radical (unpaired) electrons. The van der Waals surface area contributed by atoms with Gasteiger partial charge in [-0.25, -0.2) is 0 Å². The Kier molecular flexibility index (Phi) is 2.51. The Morgan fingerprint density at radius 1 is 1.54 bits per heavy atom. The average Bonchev–Trinajstić information content (AvgIpc) is 1.98. The Morgan fingerprint density at radius 2 is 2.08 bits per heavy atom. The van der Waals surface area contributed by atoms with Crippen LogP contribution >= 0.6 is 0 Å². The van der Waals surface area contributed by atoms with Crippen LogP contribution in [-0.4, -0.2) is 42.7 Å². The molecule has 1 aliphatic heterocycles. The van der Waals surface area contributed by atoms with Crippen LogP contribution in [-0.2, 0) is 4.79 Å². The van der Waals surface area contributed by atoms with Crippen molar-refractivity contribution in [3.05, 3.63) is 0 Å². The van der Waals surface area contributed by atoms with Crippen LogP contribution in [0.25, 0.3) is 0 Å². The molecule has 0 aromatic heterocycles. The third-order valence-electron chi connectivity index (χ3n) is 2.29. The van der Waals surface area contributed by atoms with Gasteiger partial charge in [-0.2, -0.15) is 13.2 Å². The molecule has 0 bridgehead atoms. The molecule has 1 heterocycles. The number of amides is 1. The van der Waals surface area contributed by atoms with Crippen molar-refractivity contribution in [1.29, 1.82) is 0 Å². The van der Waals surface area contributed by atoms with Gasteiger partial charge in [-0.3, -0.25) is 4.79 Å². The fraction of sp³-hybridized carbons (Fsp3) is 0.857. The number of likely N-dealkylation sites (N-methyl/N-ethyl adjacent to an activating group) is 1. The van der Waals surface area contributed by atoms with Crippen LogP contribution < -0.4 is 5.32 Å². The zero-order valence-electron chi connectivity index (χ0n) is 7.35. The van der Waals surface area contributed by atoms with E-state index in [0.717, 1.165) is 4.90 Å². The third kappa shape index (κ3) is 1.93. The number of hydrogen-bond donors (Lipinski definition) is 1. The molecule has 2 unspecified atom stereocenters. The summed E-state index contributed by atoms with van der Waals surface area (Å²) in [6.45, 7) is 2.17. The molecule has 76 valence electrons. The molecule has 0 aromatic rings. The third-order valence-corrected chi connectivity index (χ3v) is 2.29. The quantitative estimate of drug-likeness (QED) is 0.657. The van der Waals surface area contributed by atoms with E-state index in [9.17, 15) is 18.0 Å². The van der Waals surface area contributed by atoms with Crippen molar-refractivity contribution in [1.82, 2.24) is 10.2 Å². The van der Waals surface area contributed by atoms with Crippen LogP contribution in [0.1, 0.15) is 6.92 Å². The molecular weight excluding hydrogens is 185 g/mol. The van der Waals surface area contributed by atoms with Crippen molar-refractivity contribution in [3.63, 3.8) is 0 Å². The second-order valence-corrected chi connectivity index (χ2v) is 3.18. The van der Waals surface area contributed by atoms with Gasteiger partial charge in [0.15, 0.2) is 0 Å². The van der Waals surface area contributed by atoms with Crippen LogP contribution in [0.3, 0.4) is 0 Å². The summed E-state index contributed by atoms with van der Waals surface area (Å²) in [5.41, 5.74) is 0. The van der Waals surface area contributed by atoms with Crippen LogP contribution in [0.4, 0.5) is 13.2 Å². The Balaban J connectivity index is 2.57. The summed E-state index contributed by atoms with van der Waals surface area (Å²) < 4.78 is 35.8. The summed E-state index contributed by atoms with van der Waals surface area (Å²) in [6, 6.07) is -0.398. The first-order valence-electron chi connectivity index (χ1n) is 3.91. The predicted octanol–water partition coefficient (Wildman–Crippen LogP) is 0.367. The van der Waals surface area contributed by atoms with Gasteiger partial charge in [-0.15, -0.1) is 0 Å². The lowest BCUT2D eigenvalue weighted by Crippen LogP contribution is -2.65. The number of nitrogens with zero attached hydrogens (tertiary/aromatic N) is 1. The van der Waals surface area contributed by atoms with Gasteiger partial charge in [0.25, 0.3) is 0 Å². The van der Waals surface area contributed by atoms with E-state index in [1.165, 1.54) is 7.05 Å². The van der Waals surface area contributed by atoms with Gasteiger partial charge in [-0.05, 0) is 6.92 Å². The maximum Gasteiger partial charge on any atom is 0.471 e. The Labute approximate surface area is 73.9 Å². The zero-order chi connectivity index (χ0) is 10.2. The minimum Gasteiger partial charge on any atom is -0.332 e. The number of carbonyl (C=O) groups excluding carboxylic acids is 1. The first-order chi connectivity index (χ1) is 5.84. The van der Waals surface area contributed by atoms with Crippen molar-refractivity contribution in [2.75, 3.05) is 13.6 Å². The normalized spacial score (nSPS) is 28.1. The molecule has 0 spiro atoms. The minimum absolute atomic E-state index is 0.0590. The fourth-order valence-corrected chi connectivity index (χ4v) is 1.28. The zero-order valence-corrected chi connectivity index (χ0v) is 7.35. The Morgan fingerprint density at radius 3 is 2.31 bits per heavy atom. The lowest BCUT2D eigenvalue weighted by Gasteiger charge is -2.41. The maximum atomic E-state index is 11.9. The van der Waals surface area contributed by atoms with E-state index >= 15 is 0 Å². The molecule has 2 atom stereocenters. The van der Waals surface area contributed by atoms with E-state index in [2.05, 4.69) is 5.32 Å². The van der Waals surface area contributed by atoms with Crippen molar-refractivity contribution in [3.8, 4) is 0 Å². The van der Waals surface area contributed by atoms with E-state index in [1.807, 2.05) is 0 Å². The van der Waals surface area contributed by atoms with Crippen molar-refractivity contribution in [2.45, 2.75) is 25.2 Å². The van der Waals surface area contributed by atoms with Crippen LogP contribution in [0.5, 0.6) is 0 Å². The first-order valence-corrected chi connectivity index (χ1v) is 3.91. The van der Waals surface area contributed by atoms with Crippen LogP contribution in [0, 0.1) is 0 Å². The van der Waals surface area contributed by atoms with Gasteiger partial charge in [0.05, 0.1) is 6.04 Å². The largest absolute Gasteiger partial charge is 0.471 e. The van der Waals surface area contributed by atoms with Gasteiger partial charge in [0, 0.05) is 19.6 Å². The van der Waals surface area contributed by atoms with E-state index in [4.69, 9.17) is 0 Å². The molecule has 1 aliphatic rings. The second kappa shape index (κ2) is 3.17. The molecule has 3 nitrogen and oxygen atoms in total. The number of halogens is 3. The topological polar surface area (TPSA) is 32.3 Å². The number of alkyl halides is 3. The molecule has 0 saturated carbocycles. The van der Waals surface area contributed by atoms with E-state index in [-0.39, 0.29) is 12.1 Å². The molecule has 1 amide bonds. The molecule has 6 heteroatoms. The SMILES string of the molecule is CC1NCC1N(C)C(=O)C(F)(F)F. The molecule has 1 N–H and O–H groups in total. The lowest BCUT2D eigenvalue weighted by atomic mass is 10.0. The smallest absolute Gasteiger partial charge is 0.332 e. The first kappa shape index (κ1) is 10.3. The number of rotatable bonds is 1. The Hall–Kier alpha value is -0.780. The monoisotopic (exact) mass is 196 g/mol. The molecule has 13 heavy (non-hydrogen) atoms. The van der Waals surface area contributed by atoms with Crippen molar-refractivity contribution >= 4 is 5.91 Å². The standard InChI is InChI=1S/C7H11F3N2O/c1-4-5(3-11-4)12(2)6(13)7(8,9)10/h4-5,11H,3H2,1-2H3. The summed E-state index contributed by atoms with van der Waals surface area (Å²) in [5.74, 6) is -1.77. The lowest BCUT2D eigenvalue weighted by molar-refractivity contribution is -0.187. The maximum absolute atomic E-state index is 11.9. The number of hydrogen-bond acceptors (Lipinski definition) is 2. The Bertz CT molecular complexity index is 216. The number of carbonyl (C=O) groups is 1. The highest BCUT2D eigenvalue weighted by atomic mass is 19.4. The van der Waals surface area contributed by atoms with Crippen molar-refractivity contribution in [2.24, 2.45) is 0 Å². The van der Waals surface area contributed by atoms with Crippen molar-refractivity contribution < 1.29 is 18.0 Å². The van der Waals surface area contributed by atoms with Gasteiger partial charge < -0.3 is 10.2 Å². The molecule has 1 fully saturated rings. The predicted molar refractivity (Wildman–Crippen MR) is 40.1 cm³/mol. The van der Waals surface area contributed by atoms with E-state index in [1.54, 1.807) is 6.92 Å². The summed E-state index contributed by atoms with van der Waals surface area (Å²) in [5, 5.41) is 2.88. The second-order valence-electron chi connectivity index (χ2n) is 3.18. The molecule has 0 aliphatic carbocycles. The van der Waals surface area contributed by atoms with E-state index < -0.39 is 12.1 Å². The average molecular weight is 196 g/mol. The van der Waals surface area contributed by atoms with Crippen LogP contribution in [0.15, 0.2) is 0 Å². The highest BCUT2D eigenvalue weighted by molar-refractivity contribution is 5.82. The van der Waals surface area contributed by atoms with Gasteiger partial charge in [0.2, 0.25) is 0 Å². The van der Waals surface area contributed by atoms with Gasteiger partial charge in [-0.1, -0.05) is 0 Å².